The summed E-state index contributed by atoms with van der Waals surface area (Å²) in [5, 5.41) is 3.27. The predicted octanol–water partition coefficient (Wildman–Crippen LogP) is 2.31. The largest absolute Gasteiger partial charge is 0.370 e. The van der Waals surface area contributed by atoms with Crippen LogP contribution in [0, 0.1) is 6.92 Å². The van der Waals surface area contributed by atoms with E-state index in [1.54, 1.807) is 0 Å². The highest BCUT2D eigenvalue weighted by atomic mass is 15.0. The molecule has 1 aromatic heterocycles. The molecule has 0 unspecified atom stereocenters. The van der Waals surface area contributed by atoms with Gasteiger partial charge in [0.25, 0.3) is 0 Å². The third kappa shape index (κ3) is 1.53. The number of rotatable bonds is 2. The Hall–Kier alpha value is -1.05. The number of aryl methyl sites for hydroxylation is 2. The second kappa shape index (κ2) is 3.36. The standard InChI is InChI=1S/C11H16N2/c1-3-12-11-7-9-5-4-6-10(9)8(2)13-11/h7H,3-6H2,1-2H3,(H,12,13). The van der Waals surface area contributed by atoms with Gasteiger partial charge in [-0.25, -0.2) is 4.98 Å². The lowest BCUT2D eigenvalue weighted by atomic mass is 10.1. The van der Waals surface area contributed by atoms with E-state index in [4.69, 9.17) is 0 Å². The maximum Gasteiger partial charge on any atom is 0.126 e. The molecular formula is C11H16N2. The molecule has 0 aromatic carbocycles. The molecule has 0 bridgehead atoms. The van der Waals surface area contributed by atoms with E-state index in [0.717, 1.165) is 12.4 Å². The fourth-order valence-corrected chi connectivity index (χ4v) is 2.06. The number of anilines is 1. The molecule has 2 nitrogen and oxygen atoms in total. The maximum absolute atomic E-state index is 4.52. The highest BCUT2D eigenvalue weighted by Crippen LogP contribution is 2.26. The summed E-state index contributed by atoms with van der Waals surface area (Å²) in [6.07, 6.45) is 3.76. The number of pyridine rings is 1. The average Bonchev–Trinajstić information content (AvgIpc) is 2.53. The molecule has 1 aliphatic rings. The molecule has 1 heterocycles. The SMILES string of the molecule is CCNc1cc2c(c(C)n1)CCC2. The second-order valence-corrected chi connectivity index (χ2v) is 3.61. The summed E-state index contributed by atoms with van der Waals surface area (Å²) < 4.78 is 0. The van der Waals surface area contributed by atoms with Crippen molar-refractivity contribution in [1.82, 2.24) is 4.98 Å². The van der Waals surface area contributed by atoms with Crippen LogP contribution >= 0.6 is 0 Å². The molecule has 0 spiro atoms. The Morgan fingerprint density at radius 2 is 2.31 bits per heavy atom. The minimum absolute atomic E-state index is 0.950. The quantitative estimate of drug-likeness (QED) is 0.748. The Kier molecular flexibility index (Phi) is 2.21. The molecule has 1 N–H and O–H groups in total. The van der Waals surface area contributed by atoms with Crippen LogP contribution in [-0.2, 0) is 12.8 Å². The number of hydrogen-bond acceptors (Lipinski definition) is 2. The zero-order valence-corrected chi connectivity index (χ0v) is 8.35. The number of nitrogens with one attached hydrogen (secondary N) is 1. The van der Waals surface area contributed by atoms with E-state index in [1.807, 2.05) is 0 Å². The van der Waals surface area contributed by atoms with E-state index in [1.165, 1.54) is 36.1 Å². The van der Waals surface area contributed by atoms with Crippen LogP contribution in [-0.4, -0.2) is 11.5 Å². The van der Waals surface area contributed by atoms with E-state index in [-0.39, 0.29) is 0 Å². The van der Waals surface area contributed by atoms with Gasteiger partial charge in [-0.15, -0.1) is 0 Å². The topological polar surface area (TPSA) is 24.9 Å². The van der Waals surface area contributed by atoms with Gasteiger partial charge in [0, 0.05) is 12.2 Å². The molecular weight excluding hydrogens is 160 g/mol. The first kappa shape index (κ1) is 8.54. The van der Waals surface area contributed by atoms with Crippen LogP contribution in [0.2, 0.25) is 0 Å². The zero-order valence-electron chi connectivity index (χ0n) is 8.35. The van der Waals surface area contributed by atoms with Gasteiger partial charge in [0.15, 0.2) is 0 Å². The highest BCUT2D eigenvalue weighted by molar-refractivity contribution is 5.46. The Morgan fingerprint density at radius 3 is 3.08 bits per heavy atom. The Bertz CT molecular complexity index is 318. The van der Waals surface area contributed by atoms with Gasteiger partial charge in [0.1, 0.15) is 5.82 Å². The lowest BCUT2D eigenvalue weighted by molar-refractivity contribution is 0.907. The summed E-state index contributed by atoms with van der Waals surface area (Å²) in [5.74, 6) is 1.04. The van der Waals surface area contributed by atoms with E-state index in [2.05, 4.69) is 30.2 Å². The van der Waals surface area contributed by atoms with Crippen molar-refractivity contribution in [3.05, 3.63) is 22.9 Å². The van der Waals surface area contributed by atoms with Crippen LogP contribution in [0.5, 0.6) is 0 Å². The molecule has 1 aromatic rings. The van der Waals surface area contributed by atoms with Crippen molar-refractivity contribution in [2.24, 2.45) is 0 Å². The van der Waals surface area contributed by atoms with Crippen LogP contribution in [0.4, 0.5) is 5.82 Å². The molecule has 0 saturated carbocycles. The fraction of sp³-hybridized carbons (Fsp3) is 0.545. The summed E-state index contributed by atoms with van der Waals surface area (Å²) in [6.45, 7) is 5.17. The summed E-state index contributed by atoms with van der Waals surface area (Å²) in [4.78, 5) is 4.52. The number of nitrogens with zero attached hydrogens (tertiary/aromatic N) is 1. The van der Waals surface area contributed by atoms with Crippen LogP contribution in [0.3, 0.4) is 0 Å². The number of aromatic nitrogens is 1. The van der Waals surface area contributed by atoms with Crippen molar-refractivity contribution >= 4 is 5.82 Å². The first-order chi connectivity index (χ1) is 6.31. The number of fused-ring (bicyclic) bond motifs is 1. The number of hydrogen-bond donors (Lipinski definition) is 1. The lowest BCUT2D eigenvalue weighted by Gasteiger charge is -2.08. The summed E-state index contributed by atoms with van der Waals surface area (Å²) in [5.41, 5.74) is 4.20. The second-order valence-electron chi connectivity index (χ2n) is 3.61. The predicted molar refractivity (Wildman–Crippen MR) is 55.2 cm³/mol. The Morgan fingerprint density at radius 1 is 1.46 bits per heavy atom. The van der Waals surface area contributed by atoms with Gasteiger partial charge in [-0.3, -0.25) is 0 Å². The molecule has 0 aliphatic heterocycles. The molecule has 70 valence electrons. The van der Waals surface area contributed by atoms with Crippen LogP contribution in [0.1, 0.15) is 30.2 Å². The summed E-state index contributed by atoms with van der Waals surface area (Å²) >= 11 is 0. The third-order valence-electron chi connectivity index (χ3n) is 2.65. The van der Waals surface area contributed by atoms with Crippen molar-refractivity contribution in [3.8, 4) is 0 Å². The Balaban J connectivity index is 2.37. The van der Waals surface area contributed by atoms with Crippen LogP contribution in [0.15, 0.2) is 6.07 Å². The van der Waals surface area contributed by atoms with Crippen molar-refractivity contribution < 1.29 is 0 Å². The van der Waals surface area contributed by atoms with E-state index in [9.17, 15) is 0 Å². The zero-order chi connectivity index (χ0) is 9.26. The van der Waals surface area contributed by atoms with E-state index in [0.29, 0.717) is 0 Å². The smallest absolute Gasteiger partial charge is 0.126 e. The van der Waals surface area contributed by atoms with Gasteiger partial charge in [-0.2, -0.15) is 0 Å². The van der Waals surface area contributed by atoms with Gasteiger partial charge < -0.3 is 5.32 Å². The lowest BCUT2D eigenvalue weighted by Crippen LogP contribution is -2.02. The van der Waals surface area contributed by atoms with Gasteiger partial charge in [-0.05, 0) is 50.3 Å². The minimum Gasteiger partial charge on any atom is -0.370 e. The normalized spacial score (nSPS) is 14.3. The average molecular weight is 176 g/mol. The van der Waals surface area contributed by atoms with Gasteiger partial charge in [0.2, 0.25) is 0 Å². The van der Waals surface area contributed by atoms with Crippen molar-refractivity contribution in [2.45, 2.75) is 33.1 Å². The minimum atomic E-state index is 0.950. The molecule has 0 atom stereocenters. The first-order valence-corrected chi connectivity index (χ1v) is 5.04. The van der Waals surface area contributed by atoms with E-state index < -0.39 is 0 Å². The molecule has 0 radical (unpaired) electrons. The summed E-state index contributed by atoms with van der Waals surface area (Å²) in [6, 6.07) is 2.21. The van der Waals surface area contributed by atoms with Gasteiger partial charge >= 0.3 is 0 Å². The fourth-order valence-electron chi connectivity index (χ4n) is 2.06. The highest BCUT2D eigenvalue weighted by Gasteiger charge is 2.14. The third-order valence-corrected chi connectivity index (χ3v) is 2.65. The molecule has 2 rings (SSSR count). The first-order valence-electron chi connectivity index (χ1n) is 5.04. The monoisotopic (exact) mass is 176 g/mol. The van der Waals surface area contributed by atoms with Crippen molar-refractivity contribution in [3.63, 3.8) is 0 Å². The Labute approximate surface area is 79.4 Å². The van der Waals surface area contributed by atoms with Gasteiger partial charge in [0.05, 0.1) is 0 Å². The molecule has 0 fully saturated rings. The van der Waals surface area contributed by atoms with Crippen LogP contribution < -0.4 is 5.32 Å². The molecule has 1 aliphatic carbocycles. The van der Waals surface area contributed by atoms with E-state index >= 15 is 0 Å². The maximum atomic E-state index is 4.52. The molecule has 0 amide bonds. The molecule has 2 heteroatoms. The summed E-state index contributed by atoms with van der Waals surface area (Å²) in [7, 11) is 0. The van der Waals surface area contributed by atoms with Crippen LogP contribution in [0.25, 0.3) is 0 Å². The van der Waals surface area contributed by atoms with Crippen molar-refractivity contribution in [2.75, 3.05) is 11.9 Å². The molecule has 13 heavy (non-hydrogen) atoms. The van der Waals surface area contributed by atoms with Gasteiger partial charge in [-0.1, -0.05) is 0 Å². The van der Waals surface area contributed by atoms with Crippen molar-refractivity contribution in [1.29, 1.82) is 0 Å². The molecule has 0 saturated heterocycles.